The van der Waals surface area contributed by atoms with E-state index in [1.54, 1.807) is 6.92 Å². The molecule has 0 spiro atoms. The van der Waals surface area contributed by atoms with Gasteiger partial charge in [-0.15, -0.1) is 0 Å². The zero-order chi connectivity index (χ0) is 10.8. The maximum atomic E-state index is 12.3. The van der Waals surface area contributed by atoms with E-state index in [1.807, 2.05) is 0 Å². The Kier molecular flexibility index (Phi) is 3.16. The highest BCUT2D eigenvalue weighted by Crippen LogP contribution is 2.30. The van der Waals surface area contributed by atoms with Gasteiger partial charge in [0, 0.05) is 0 Å². The van der Waals surface area contributed by atoms with Crippen LogP contribution in [0.2, 0.25) is 0 Å². The lowest BCUT2D eigenvalue weighted by Crippen LogP contribution is -2.09. The van der Waals surface area contributed by atoms with Crippen molar-refractivity contribution in [2.24, 2.45) is 5.73 Å². The Balaban J connectivity index is 3.06. The van der Waals surface area contributed by atoms with Crippen LogP contribution in [0.1, 0.15) is 16.7 Å². The molecule has 0 bridgehead atoms. The number of benzene rings is 1. The highest BCUT2D eigenvalue weighted by Gasteiger charge is 2.30. The van der Waals surface area contributed by atoms with Crippen LogP contribution in [0, 0.1) is 6.92 Å². The predicted molar refractivity (Wildman–Crippen MR) is 48.9 cm³/mol. The van der Waals surface area contributed by atoms with Gasteiger partial charge >= 0.3 is 6.18 Å². The first-order valence-corrected chi connectivity index (χ1v) is 4.32. The van der Waals surface area contributed by atoms with Gasteiger partial charge in [0.25, 0.3) is 0 Å². The molecular weight excluding hydrogens is 191 g/mol. The van der Waals surface area contributed by atoms with Crippen LogP contribution in [0.15, 0.2) is 18.2 Å². The van der Waals surface area contributed by atoms with E-state index < -0.39 is 11.7 Å². The van der Waals surface area contributed by atoms with Crippen LogP contribution in [-0.4, -0.2) is 6.54 Å². The largest absolute Gasteiger partial charge is 0.416 e. The summed E-state index contributed by atoms with van der Waals surface area (Å²) in [5, 5.41) is 0. The second kappa shape index (κ2) is 4.00. The van der Waals surface area contributed by atoms with E-state index in [1.165, 1.54) is 12.1 Å². The van der Waals surface area contributed by atoms with Crippen molar-refractivity contribution in [1.29, 1.82) is 0 Å². The number of aryl methyl sites for hydroxylation is 1. The van der Waals surface area contributed by atoms with E-state index in [-0.39, 0.29) is 0 Å². The summed E-state index contributed by atoms with van der Waals surface area (Å²) >= 11 is 0. The van der Waals surface area contributed by atoms with Gasteiger partial charge in [-0.05, 0) is 43.1 Å². The lowest BCUT2D eigenvalue weighted by atomic mass is 10.0. The van der Waals surface area contributed by atoms with Crippen LogP contribution in [-0.2, 0) is 12.6 Å². The van der Waals surface area contributed by atoms with E-state index in [4.69, 9.17) is 5.73 Å². The Bertz CT molecular complexity index is 318. The van der Waals surface area contributed by atoms with E-state index >= 15 is 0 Å². The average Bonchev–Trinajstić information content (AvgIpc) is 2.07. The third-order valence-corrected chi connectivity index (χ3v) is 2.09. The molecule has 0 atom stereocenters. The summed E-state index contributed by atoms with van der Waals surface area (Å²) in [6.07, 6.45) is -3.78. The fourth-order valence-electron chi connectivity index (χ4n) is 1.27. The Morgan fingerprint density at radius 3 is 2.43 bits per heavy atom. The van der Waals surface area contributed by atoms with Gasteiger partial charge in [-0.25, -0.2) is 0 Å². The minimum atomic E-state index is -4.27. The summed E-state index contributed by atoms with van der Waals surface area (Å²) in [6.45, 7) is 2.15. The van der Waals surface area contributed by atoms with Gasteiger partial charge in [-0.2, -0.15) is 13.2 Å². The van der Waals surface area contributed by atoms with Crippen molar-refractivity contribution in [1.82, 2.24) is 0 Å². The fourth-order valence-corrected chi connectivity index (χ4v) is 1.27. The zero-order valence-corrected chi connectivity index (χ0v) is 7.86. The van der Waals surface area contributed by atoms with E-state index in [0.717, 1.165) is 11.6 Å². The summed E-state index contributed by atoms with van der Waals surface area (Å²) in [6, 6.07) is 3.74. The van der Waals surface area contributed by atoms with Crippen LogP contribution in [0.5, 0.6) is 0 Å². The van der Waals surface area contributed by atoms with Crippen molar-refractivity contribution < 1.29 is 13.2 Å². The molecule has 2 N–H and O–H groups in total. The number of halogens is 3. The number of alkyl halides is 3. The highest BCUT2D eigenvalue weighted by atomic mass is 19.4. The summed E-state index contributed by atoms with van der Waals surface area (Å²) in [5.74, 6) is 0. The van der Waals surface area contributed by atoms with Crippen molar-refractivity contribution in [3.05, 3.63) is 34.9 Å². The molecule has 0 amide bonds. The second-order valence-corrected chi connectivity index (χ2v) is 3.18. The first-order chi connectivity index (χ1) is 6.45. The molecule has 0 aliphatic carbocycles. The molecule has 1 nitrogen and oxygen atoms in total. The van der Waals surface area contributed by atoms with E-state index in [0.29, 0.717) is 18.5 Å². The van der Waals surface area contributed by atoms with Crippen molar-refractivity contribution in [2.45, 2.75) is 19.5 Å². The van der Waals surface area contributed by atoms with Gasteiger partial charge in [-0.3, -0.25) is 0 Å². The van der Waals surface area contributed by atoms with Crippen molar-refractivity contribution >= 4 is 0 Å². The summed E-state index contributed by atoms with van der Waals surface area (Å²) in [7, 11) is 0. The van der Waals surface area contributed by atoms with Crippen LogP contribution in [0.4, 0.5) is 13.2 Å². The van der Waals surface area contributed by atoms with Crippen LogP contribution < -0.4 is 5.73 Å². The average molecular weight is 203 g/mol. The topological polar surface area (TPSA) is 26.0 Å². The summed E-state index contributed by atoms with van der Waals surface area (Å²) in [4.78, 5) is 0. The highest BCUT2D eigenvalue weighted by molar-refractivity contribution is 5.32. The fraction of sp³-hybridized carbons (Fsp3) is 0.400. The third-order valence-electron chi connectivity index (χ3n) is 2.09. The van der Waals surface area contributed by atoms with Gasteiger partial charge in [0.05, 0.1) is 5.56 Å². The molecule has 14 heavy (non-hydrogen) atoms. The molecular formula is C10H12F3N. The molecule has 0 saturated heterocycles. The number of rotatable bonds is 2. The number of hydrogen-bond donors (Lipinski definition) is 1. The normalized spacial score (nSPS) is 11.8. The van der Waals surface area contributed by atoms with Crippen LogP contribution in [0.3, 0.4) is 0 Å². The Morgan fingerprint density at radius 1 is 1.29 bits per heavy atom. The van der Waals surface area contributed by atoms with Crippen molar-refractivity contribution in [2.75, 3.05) is 6.54 Å². The van der Waals surface area contributed by atoms with E-state index in [9.17, 15) is 13.2 Å². The Hall–Kier alpha value is -1.03. The minimum absolute atomic E-state index is 0.363. The lowest BCUT2D eigenvalue weighted by molar-refractivity contribution is -0.137. The van der Waals surface area contributed by atoms with Gasteiger partial charge in [-0.1, -0.05) is 6.07 Å². The molecule has 0 aromatic heterocycles. The van der Waals surface area contributed by atoms with Gasteiger partial charge in [0.2, 0.25) is 0 Å². The molecule has 0 saturated carbocycles. The van der Waals surface area contributed by atoms with Crippen molar-refractivity contribution in [3.8, 4) is 0 Å². The van der Waals surface area contributed by atoms with Crippen LogP contribution in [0.25, 0.3) is 0 Å². The quantitative estimate of drug-likeness (QED) is 0.785. The molecule has 0 radical (unpaired) electrons. The van der Waals surface area contributed by atoms with Crippen LogP contribution >= 0.6 is 0 Å². The Labute approximate surface area is 80.7 Å². The Morgan fingerprint density at radius 2 is 1.93 bits per heavy atom. The smallest absolute Gasteiger partial charge is 0.330 e. The first kappa shape index (κ1) is 11.0. The summed E-state index contributed by atoms with van der Waals surface area (Å²) in [5.41, 5.74) is 6.22. The number of nitrogens with two attached hydrogens (primary N) is 1. The third kappa shape index (κ3) is 2.48. The van der Waals surface area contributed by atoms with Gasteiger partial charge in [0.15, 0.2) is 0 Å². The molecule has 0 unspecified atom stereocenters. The predicted octanol–water partition coefficient (Wildman–Crippen LogP) is 2.52. The SMILES string of the molecule is Cc1ccc(C(F)(F)F)cc1CCN. The maximum Gasteiger partial charge on any atom is 0.416 e. The van der Waals surface area contributed by atoms with Gasteiger partial charge in [0.1, 0.15) is 0 Å². The lowest BCUT2D eigenvalue weighted by Gasteiger charge is -2.10. The molecule has 4 heteroatoms. The van der Waals surface area contributed by atoms with Gasteiger partial charge < -0.3 is 5.73 Å². The van der Waals surface area contributed by atoms with E-state index in [2.05, 4.69) is 0 Å². The first-order valence-electron chi connectivity index (χ1n) is 4.32. The maximum absolute atomic E-state index is 12.3. The molecule has 1 aromatic carbocycles. The minimum Gasteiger partial charge on any atom is -0.330 e. The molecule has 78 valence electrons. The molecule has 0 aliphatic heterocycles. The molecule has 0 heterocycles. The second-order valence-electron chi connectivity index (χ2n) is 3.18. The summed E-state index contributed by atoms with van der Waals surface area (Å²) < 4.78 is 36.9. The zero-order valence-electron chi connectivity index (χ0n) is 7.86. The van der Waals surface area contributed by atoms with Crippen molar-refractivity contribution in [3.63, 3.8) is 0 Å². The molecule has 0 fully saturated rings. The molecule has 1 aromatic rings. The monoisotopic (exact) mass is 203 g/mol. The standard InChI is InChI=1S/C10H12F3N/c1-7-2-3-9(10(11,12)13)6-8(7)4-5-14/h2-3,6H,4-5,14H2,1H3. The number of hydrogen-bond acceptors (Lipinski definition) is 1. The molecule has 1 rings (SSSR count). The molecule has 0 aliphatic rings.